The van der Waals surface area contributed by atoms with E-state index in [2.05, 4.69) is 10.6 Å². The Labute approximate surface area is 237 Å². The molecule has 0 radical (unpaired) electrons. The molecule has 1 aliphatic heterocycles. The predicted octanol–water partition coefficient (Wildman–Crippen LogP) is 4.13. The minimum absolute atomic E-state index is 0.00924. The van der Waals surface area contributed by atoms with Crippen molar-refractivity contribution in [3.63, 3.8) is 0 Å². The number of carbonyl (C=O) groups is 3. The molecule has 5 atom stereocenters. The number of aryl methyl sites for hydroxylation is 1. The van der Waals surface area contributed by atoms with Crippen molar-refractivity contribution in [3.05, 3.63) is 96.6 Å². The fourth-order valence-corrected chi connectivity index (χ4v) is 4.30. The molecular weight excluding hydrogens is 532 g/mol. The molecule has 1 aliphatic rings. The summed E-state index contributed by atoms with van der Waals surface area (Å²) in [5, 5.41) is 15.3. The molecule has 1 fully saturated rings. The second-order valence-corrected chi connectivity index (χ2v) is 9.12. The Morgan fingerprint density at radius 3 is 1.76 bits per heavy atom. The SMILES string of the molecule is CO[C@H]1O[C@H](CO)[C@@H](OC(=O)CCc2ccccc2)[C@H](OC(=O)Nc2ccccc2)[C@H]1OC(=O)Nc1ccccc1. The molecule has 4 rings (SSSR count). The van der Waals surface area contributed by atoms with Gasteiger partial charge in [-0.1, -0.05) is 66.7 Å². The monoisotopic (exact) mass is 564 g/mol. The quantitative estimate of drug-likeness (QED) is 0.245. The molecule has 2 amide bonds. The van der Waals surface area contributed by atoms with Crippen LogP contribution in [-0.4, -0.2) is 67.7 Å². The number of rotatable bonds is 10. The Morgan fingerprint density at radius 1 is 0.732 bits per heavy atom. The van der Waals surface area contributed by atoms with E-state index < -0.39 is 55.5 Å². The summed E-state index contributed by atoms with van der Waals surface area (Å²) < 4.78 is 28.2. The number of anilines is 2. The van der Waals surface area contributed by atoms with Crippen molar-refractivity contribution >= 4 is 29.5 Å². The number of benzene rings is 3. The number of nitrogens with one attached hydrogen (secondary N) is 2. The normalized spacial score (nSPS) is 21.8. The molecule has 3 aromatic carbocycles. The molecule has 0 unspecified atom stereocenters. The molecule has 3 aromatic rings. The summed E-state index contributed by atoms with van der Waals surface area (Å²) in [5.41, 5.74) is 1.83. The Balaban J connectivity index is 1.55. The number of aliphatic hydroxyl groups excluding tert-OH is 1. The maximum atomic E-state index is 13.0. The second kappa shape index (κ2) is 14.8. The fraction of sp³-hybridized carbons (Fsp3) is 0.300. The molecule has 0 saturated carbocycles. The van der Waals surface area contributed by atoms with E-state index >= 15 is 0 Å². The number of para-hydroxylation sites is 2. The Kier molecular flexibility index (Phi) is 10.7. The van der Waals surface area contributed by atoms with Crippen molar-refractivity contribution in [2.45, 2.75) is 43.5 Å². The number of carbonyl (C=O) groups excluding carboxylic acids is 3. The minimum atomic E-state index is -1.41. The summed E-state index contributed by atoms with van der Waals surface area (Å²) >= 11 is 0. The molecule has 0 aromatic heterocycles. The van der Waals surface area contributed by atoms with E-state index in [1.165, 1.54) is 7.11 Å². The third-order valence-corrected chi connectivity index (χ3v) is 6.26. The number of hydrogen-bond donors (Lipinski definition) is 3. The number of ether oxygens (including phenoxy) is 5. The first kappa shape index (κ1) is 29.5. The fourth-order valence-electron chi connectivity index (χ4n) is 4.30. The van der Waals surface area contributed by atoms with E-state index in [-0.39, 0.29) is 6.42 Å². The van der Waals surface area contributed by atoms with Gasteiger partial charge in [-0.2, -0.15) is 0 Å². The highest BCUT2D eigenvalue weighted by molar-refractivity contribution is 5.85. The summed E-state index contributed by atoms with van der Waals surface area (Å²) in [5.74, 6) is -0.624. The van der Waals surface area contributed by atoms with Crippen LogP contribution in [0.2, 0.25) is 0 Å². The molecule has 0 spiro atoms. The van der Waals surface area contributed by atoms with Gasteiger partial charge < -0.3 is 28.8 Å². The third kappa shape index (κ3) is 8.52. The van der Waals surface area contributed by atoms with Crippen LogP contribution in [0.4, 0.5) is 21.0 Å². The van der Waals surface area contributed by atoms with Crippen LogP contribution in [0, 0.1) is 0 Å². The maximum absolute atomic E-state index is 13.0. The van der Waals surface area contributed by atoms with E-state index in [0.29, 0.717) is 17.8 Å². The van der Waals surface area contributed by atoms with Gasteiger partial charge in [-0.05, 0) is 36.2 Å². The van der Waals surface area contributed by atoms with Crippen LogP contribution < -0.4 is 10.6 Å². The predicted molar refractivity (Wildman–Crippen MR) is 148 cm³/mol. The number of methoxy groups -OCH3 is 1. The van der Waals surface area contributed by atoms with Gasteiger partial charge in [-0.3, -0.25) is 15.4 Å². The van der Waals surface area contributed by atoms with Crippen molar-refractivity contribution in [3.8, 4) is 0 Å². The van der Waals surface area contributed by atoms with Crippen LogP contribution in [0.25, 0.3) is 0 Å². The third-order valence-electron chi connectivity index (χ3n) is 6.26. The van der Waals surface area contributed by atoms with Crippen LogP contribution in [0.1, 0.15) is 12.0 Å². The van der Waals surface area contributed by atoms with Gasteiger partial charge in [0.1, 0.15) is 6.10 Å². The van der Waals surface area contributed by atoms with Crippen LogP contribution in [0.3, 0.4) is 0 Å². The molecule has 1 heterocycles. The van der Waals surface area contributed by atoms with E-state index in [1.54, 1.807) is 60.7 Å². The molecule has 3 N–H and O–H groups in total. The molecule has 216 valence electrons. The molecule has 0 bridgehead atoms. The van der Waals surface area contributed by atoms with Crippen molar-refractivity contribution in [2.24, 2.45) is 0 Å². The van der Waals surface area contributed by atoms with E-state index in [9.17, 15) is 19.5 Å². The molecule has 11 nitrogen and oxygen atoms in total. The molecular formula is C30H32N2O9. The standard InChI is InChI=1S/C30H32N2O9/c1-37-28-27(41-30(36)32-22-15-9-4-10-16-22)26(40-29(35)31-21-13-7-3-8-14-21)25(23(19-33)38-28)39-24(34)18-17-20-11-5-2-6-12-20/h2-16,23,25-28,33H,17-19H2,1H3,(H,31,35)(H,32,36)/t23-,25-,26+,27-,28+/m1/s1. The number of aliphatic hydroxyl groups is 1. The van der Waals surface area contributed by atoms with Crippen molar-refractivity contribution < 1.29 is 43.2 Å². The highest BCUT2D eigenvalue weighted by atomic mass is 16.7. The maximum Gasteiger partial charge on any atom is 0.412 e. The average molecular weight is 565 g/mol. The zero-order chi connectivity index (χ0) is 29.0. The lowest BCUT2D eigenvalue weighted by Crippen LogP contribution is -2.63. The summed E-state index contributed by atoms with van der Waals surface area (Å²) in [6, 6.07) is 26.5. The lowest BCUT2D eigenvalue weighted by Gasteiger charge is -2.43. The lowest BCUT2D eigenvalue weighted by molar-refractivity contribution is -0.294. The summed E-state index contributed by atoms with van der Waals surface area (Å²) in [6.07, 6.45) is -7.90. The molecule has 0 aliphatic carbocycles. The van der Waals surface area contributed by atoms with Gasteiger partial charge in [0.05, 0.1) is 6.61 Å². The molecule has 11 heteroatoms. The van der Waals surface area contributed by atoms with Crippen molar-refractivity contribution in [1.82, 2.24) is 0 Å². The smallest absolute Gasteiger partial charge is 0.412 e. The zero-order valence-electron chi connectivity index (χ0n) is 22.4. The Hall–Kier alpha value is -4.45. The molecule has 1 saturated heterocycles. The van der Waals surface area contributed by atoms with Gasteiger partial charge in [-0.15, -0.1) is 0 Å². The van der Waals surface area contributed by atoms with Gasteiger partial charge in [-0.25, -0.2) is 9.59 Å². The largest absolute Gasteiger partial charge is 0.455 e. The molecule has 41 heavy (non-hydrogen) atoms. The van der Waals surface area contributed by atoms with Crippen molar-refractivity contribution in [2.75, 3.05) is 24.4 Å². The minimum Gasteiger partial charge on any atom is -0.455 e. The van der Waals surface area contributed by atoms with Crippen LogP contribution in [0.5, 0.6) is 0 Å². The van der Waals surface area contributed by atoms with E-state index in [1.807, 2.05) is 30.3 Å². The van der Waals surface area contributed by atoms with Crippen LogP contribution in [0.15, 0.2) is 91.0 Å². The van der Waals surface area contributed by atoms with E-state index in [4.69, 9.17) is 23.7 Å². The van der Waals surface area contributed by atoms with E-state index in [0.717, 1.165) is 5.56 Å². The summed E-state index contributed by atoms with van der Waals surface area (Å²) in [6.45, 7) is -0.598. The van der Waals surface area contributed by atoms with Gasteiger partial charge in [0.2, 0.25) is 0 Å². The van der Waals surface area contributed by atoms with Gasteiger partial charge in [0.25, 0.3) is 0 Å². The van der Waals surface area contributed by atoms with Crippen molar-refractivity contribution in [1.29, 1.82) is 0 Å². The lowest BCUT2D eigenvalue weighted by atomic mass is 9.98. The van der Waals surface area contributed by atoms with Crippen LogP contribution >= 0.6 is 0 Å². The second-order valence-electron chi connectivity index (χ2n) is 9.12. The Morgan fingerprint density at radius 2 is 1.24 bits per heavy atom. The first-order valence-corrected chi connectivity index (χ1v) is 13.0. The topological polar surface area (TPSA) is 142 Å². The zero-order valence-corrected chi connectivity index (χ0v) is 22.4. The summed E-state index contributed by atoms with van der Waals surface area (Å²) in [4.78, 5) is 38.7. The average Bonchev–Trinajstić information content (AvgIpc) is 2.99. The van der Waals surface area contributed by atoms with Crippen LogP contribution in [-0.2, 0) is 34.9 Å². The van der Waals surface area contributed by atoms with Gasteiger partial charge in [0, 0.05) is 24.9 Å². The Bertz CT molecular complexity index is 1260. The highest BCUT2D eigenvalue weighted by Gasteiger charge is 2.52. The number of esters is 1. The number of amides is 2. The van der Waals surface area contributed by atoms with Gasteiger partial charge >= 0.3 is 18.2 Å². The summed E-state index contributed by atoms with van der Waals surface area (Å²) in [7, 11) is 1.30. The highest BCUT2D eigenvalue weighted by Crippen LogP contribution is 2.30. The van der Waals surface area contributed by atoms with Gasteiger partial charge in [0.15, 0.2) is 24.6 Å². The first-order valence-electron chi connectivity index (χ1n) is 13.0. The number of hydrogen-bond acceptors (Lipinski definition) is 9. The first-order chi connectivity index (χ1) is 20.0.